The highest BCUT2D eigenvalue weighted by molar-refractivity contribution is 5.70. The molecule has 18 heavy (non-hydrogen) atoms. The molecule has 0 aromatic carbocycles. The molecule has 0 aromatic heterocycles. The minimum absolute atomic E-state index is 0.00103. The zero-order chi connectivity index (χ0) is 13.6. The van der Waals surface area contributed by atoms with Gasteiger partial charge in [-0.3, -0.25) is 9.59 Å². The van der Waals surface area contributed by atoms with Crippen molar-refractivity contribution < 1.29 is 23.8 Å². The van der Waals surface area contributed by atoms with Crippen molar-refractivity contribution in [1.29, 1.82) is 0 Å². The second-order valence-corrected chi connectivity index (χ2v) is 5.38. The normalized spacial score (nSPS) is 21.1. The zero-order valence-electron chi connectivity index (χ0n) is 11.4. The van der Waals surface area contributed by atoms with E-state index in [0.29, 0.717) is 32.5 Å². The zero-order valence-corrected chi connectivity index (χ0v) is 11.4. The summed E-state index contributed by atoms with van der Waals surface area (Å²) in [6.45, 7) is 6.23. The van der Waals surface area contributed by atoms with Gasteiger partial charge in [0, 0.05) is 12.8 Å². The van der Waals surface area contributed by atoms with Crippen molar-refractivity contribution in [3.05, 3.63) is 0 Å². The SMILES string of the molecule is CC(C)(C)OC(=O)CCOC1CCOC(=O)CC1. The van der Waals surface area contributed by atoms with Crippen molar-refractivity contribution in [3.63, 3.8) is 0 Å². The van der Waals surface area contributed by atoms with Gasteiger partial charge in [0.05, 0.1) is 25.7 Å². The van der Waals surface area contributed by atoms with E-state index in [-0.39, 0.29) is 24.5 Å². The van der Waals surface area contributed by atoms with Gasteiger partial charge in [-0.25, -0.2) is 0 Å². The first-order chi connectivity index (χ1) is 8.37. The third-order valence-corrected chi connectivity index (χ3v) is 2.45. The lowest BCUT2D eigenvalue weighted by molar-refractivity contribution is -0.156. The number of rotatable bonds is 4. The Kier molecular flexibility index (Phi) is 5.59. The van der Waals surface area contributed by atoms with E-state index in [4.69, 9.17) is 14.2 Å². The molecule has 104 valence electrons. The molecule has 0 radical (unpaired) electrons. The summed E-state index contributed by atoms with van der Waals surface area (Å²) in [4.78, 5) is 22.5. The number of cyclic esters (lactones) is 1. The van der Waals surface area contributed by atoms with Crippen molar-refractivity contribution in [1.82, 2.24) is 0 Å². The van der Waals surface area contributed by atoms with Gasteiger partial charge >= 0.3 is 11.9 Å². The summed E-state index contributed by atoms with van der Waals surface area (Å²) < 4.78 is 15.7. The van der Waals surface area contributed by atoms with Gasteiger partial charge in [0.15, 0.2) is 0 Å². The largest absolute Gasteiger partial charge is 0.466 e. The number of carbonyl (C=O) groups is 2. The van der Waals surface area contributed by atoms with Gasteiger partial charge < -0.3 is 14.2 Å². The molecule has 0 aliphatic carbocycles. The molecule has 1 aliphatic heterocycles. The van der Waals surface area contributed by atoms with E-state index in [0.717, 1.165) is 0 Å². The molecule has 5 heteroatoms. The molecule has 1 saturated heterocycles. The summed E-state index contributed by atoms with van der Waals surface area (Å²) in [5, 5.41) is 0. The molecule has 5 nitrogen and oxygen atoms in total. The van der Waals surface area contributed by atoms with E-state index < -0.39 is 5.60 Å². The van der Waals surface area contributed by atoms with Gasteiger partial charge in [-0.05, 0) is 27.2 Å². The topological polar surface area (TPSA) is 61.8 Å². The highest BCUT2D eigenvalue weighted by atomic mass is 16.6. The fraction of sp³-hybridized carbons (Fsp3) is 0.846. The van der Waals surface area contributed by atoms with E-state index in [9.17, 15) is 9.59 Å². The quantitative estimate of drug-likeness (QED) is 0.720. The van der Waals surface area contributed by atoms with Crippen LogP contribution in [0.4, 0.5) is 0 Å². The molecular weight excluding hydrogens is 236 g/mol. The average molecular weight is 258 g/mol. The standard InChI is InChI=1S/C13H22O5/c1-13(2,3)18-12(15)7-9-16-10-4-5-11(14)17-8-6-10/h10H,4-9H2,1-3H3. The van der Waals surface area contributed by atoms with Crippen LogP contribution in [0.15, 0.2) is 0 Å². The Bertz CT molecular complexity index is 292. The fourth-order valence-electron chi connectivity index (χ4n) is 1.67. The summed E-state index contributed by atoms with van der Waals surface area (Å²) in [6.07, 6.45) is 1.98. The van der Waals surface area contributed by atoms with Crippen LogP contribution in [-0.2, 0) is 23.8 Å². The molecule has 1 unspecified atom stereocenters. The van der Waals surface area contributed by atoms with Crippen molar-refractivity contribution in [2.24, 2.45) is 0 Å². The fourth-order valence-corrected chi connectivity index (χ4v) is 1.67. The lowest BCUT2D eigenvalue weighted by atomic mass is 10.1. The minimum atomic E-state index is -0.459. The lowest BCUT2D eigenvalue weighted by Gasteiger charge is -2.20. The monoisotopic (exact) mass is 258 g/mol. The van der Waals surface area contributed by atoms with E-state index >= 15 is 0 Å². The summed E-state index contributed by atoms with van der Waals surface area (Å²) in [5.41, 5.74) is -0.459. The average Bonchev–Trinajstić information content (AvgIpc) is 2.41. The summed E-state index contributed by atoms with van der Waals surface area (Å²) in [7, 11) is 0. The molecule has 0 N–H and O–H groups in total. The van der Waals surface area contributed by atoms with Crippen LogP contribution in [0.25, 0.3) is 0 Å². The Morgan fingerprint density at radius 2 is 2.11 bits per heavy atom. The summed E-state index contributed by atoms with van der Waals surface area (Å²) in [6, 6.07) is 0. The predicted octanol–water partition coefficient (Wildman–Crippen LogP) is 1.83. The Balaban J connectivity index is 2.17. The van der Waals surface area contributed by atoms with Crippen molar-refractivity contribution >= 4 is 11.9 Å². The van der Waals surface area contributed by atoms with Gasteiger partial charge in [0.25, 0.3) is 0 Å². The van der Waals surface area contributed by atoms with Crippen molar-refractivity contribution in [2.45, 2.75) is 58.2 Å². The summed E-state index contributed by atoms with van der Waals surface area (Å²) >= 11 is 0. The van der Waals surface area contributed by atoms with Gasteiger partial charge in [-0.1, -0.05) is 0 Å². The van der Waals surface area contributed by atoms with Crippen molar-refractivity contribution in [2.75, 3.05) is 13.2 Å². The molecule has 0 aromatic rings. The Morgan fingerprint density at radius 1 is 1.39 bits per heavy atom. The van der Waals surface area contributed by atoms with Crippen LogP contribution in [0.5, 0.6) is 0 Å². The van der Waals surface area contributed by atoms with Gasteiger partial charge in [0.1, 0.15) is 5.60 Å². The van der Waals surface area contributed by atoms with E-state index in [1.54, 1.807) is 0 Å². The Hall–Kier alpha value is -1.10. The first-order valence-corrected chi connectivity index (χ1v) is 6.36. The molecular formula is C13H22O5. The maximum absolute atomic E-state index is 11.4. The highest BCUT2D eigenvalue weighted by Crippen LogP contribution is 2.14. The first kappa shape index (κ1) is 15.0. The second-order valence-electron chi connectivity index (χ2n) is 5.38. The Morgan fingerprint density at radius 3 is 2.78 bits per heavy atom. The summed E-state index contributed by atoms with van der Waals surface area (Å²) in [5.74, 6) is -0.434. The van der Waals surface area contributed by atoms with Crippen LogP contribution < -0.4 is 0 Å². The van der Waals surface area contributed by atoms with E-state index in [1.807, 2.05) is 20.8 Å². The molecule has 1 rings (SSSR count). The first-order valence-electron chi connectivity index (χ1n) is 6.36. The third-order valence-electron chi connectivity index (χ3n) is 2.45. The molecule has 1 aliphatic rings. The maximum atomic E-state index is 11.4. The lowest BCUT2D eigenvalue weighted by Crippen LogP contribution is -2.25. The predicted molar refractivity (Wildman–Crippen MR) is 65.0 cm³/mol. The number of ether oxygens (including phenoxy) is 3. The Labute approximate surface area is 108 Å². The number of hydrogen-bond donors (Lipinski definition) is 0. The molecule has 0 bridgehead atoms. The molecule has 0 amide bonds. The van der Waals surface area contributed by atoms with Crippen LogP contribution in [0.3, 0.4) is 0 Å². The van der Waals surface area contributed by atoms with E-state index in [2.05, 4.69) is 0 Å². The maximum Gasteiger partial charge on any atom is 0.308 e. The van der Waals surface area contributed by atoms with Gasteiger partial charge in [-0.15, -0.1) is 0 Å². The molecule has 0 saturated carbocycles. The number of carbonyl (C=O) groups excluding carboxylic acids is 2. The van der Waals surface area contributed by atoms with Crippen LogP contribution in [0, 0.1) is 0 Å². The second kappa shape index (κ2) is 6.73. The molecule has 1 atom stereocenters. The van der Waals surface area contributed by atoms with Crippen LogP contribution in [-0.4, -0.2) is 36.9 Å². The third kappa shape index (κ3) is 6.59. The van der Waals surface area contributed by atoms with Crippen LogP contribution in [0.2, 0.25) is 0 Å². The van der Waals surface area contributed by atoms with Crippen LogP contribution >= 0.6 is 0 Å². The molecule has 0 spiro atoms. The number of esters is 2. The van der Waals surface area contributed by atoms with Gasteiger partial charge in [0.2, 0.25) is 0 Å². The minimum Gasteiger partial charge on any atom is -0.466 e. The molecule has 1 fully saturated rings. The van der Waals surface area contributed by atoms with Gasteiger partial charge in [-0.2, -0.15) is 0 Å². The highest BCUT2D eigenvalue weighted by Gasteiger charge is 2.19. The van der Waals surface area contributed by atoms with Crippen molar-refractivity contribution in [3.8, 4) is 0 Å². The molecule has 1 heterocycles. The smallest absolute Gasteiger partial charge is 0.308 e. The van der Waals surface area contributed by atoms with Crippen LogP contribution in [0.1, 0.15) is 46.5 Å². The number of hydrogen-bond acceptors (Lipinski definition) is 5. The van der Waals surface area contributed by atoms with E-state index in [1.165, 1.54) is 0 Å².